The molecular weight excluding hydrogens is 324 g/mol. The van der Waals surface area contributed by atoms with Crippen molar-refractivity contribution < 1.29 is 0 Å². The smallest absolute Gasteiger partial charge is 0.276 e. The van der Waals surface area contributed by atoms with E-state index in [2.05, 4.69) is 10.3 Å². The van der Waals surface area contributed by atoms with Crippen LogP contribution in [0.25, 0.3) is 27.8 Å². The monoisotopic (exact) mass is 336 g/mol. The number of hydrogen-bond donors (Lipinski definition) is 0. The predicted molar refractivity (Wildman–Crippen MR) is 94.6 cm³/mol. The maximum Gasteiger partial charge on any atom is 0.276 e. The third-order valence-electron chi connectivity index (χ3n) is 3.97. The second kappa shape index (κ2) is 5.62. The first-order chi connectivity index (χ1) is 11.6. The minimum Gasteiger partial charge on any atom is -0.309 e. The molecule has 4 aromatic rings. The fraction of sp³-hybridized carbons (Fsp3) is 0.0556. The van der Waals surface area contributed by atoms with E-state index in [0.29, 0.717) is 16.4 Å². The summed E-state index contributed by atoms with van der Waals surface area (Å²) in [5, 5.41) is 9.87. The average molecular weight is 337 g/mol. The summed E-state index contributed by atoms with van der Waals surface area (Å²) in [5.41, 5.74) is 2.72. The van der Waals surface area contributed by atoms with Crippen molar-refractivity contribution >= 4 is 22.5 Å². The fourth-order valence-electron chi connectivity index (χ4n) is 2.73. The van der Waals surface area contributed by atoms with Gasteiger partial charge in [-0.05, 0) is 24.3 Å². The molecule has 2 heterocycles. The Morgan fingerprint density at radius 3 is 2.71 bits per heavy atom. The molecule has 0 aliphatic carbocycles. The highest BCUT2D eigenvalue weighted by molar-refractivity contribution is 6.30. The standard InChI is InChI=1S/C18H13ClN4O/c1-22-16-8-3-2-5-13(16)10-17(18(22)24)23-11-15(20-21-23)12-6-4-7-14(19)9-12/h2-11H,1H3. The van der Waals surface area contributed by atoms with Crippen molar-refractivity contribution in [3.8, 4) is 16.9 Å². The lowest BCUT2D eigenvalue weighted by atomic mass is 10.2. The molecule has 0 bridgehead atoms. The Bertz CT molecular complexity index is 1110. The van der Waals surface area contributed by atoms with Gasteiger partial charge in [-0.25, -0.2) is 4.68 Å². The Kier molecular flexibility index (Phi) is 3.43. The zero-order chi connectivity index (χ0) is 16.7. The Morgan fingerprint density at radius 1 is 1.04 bits per heavy atom. The van der Waals surface area contributed by atoms with Crippen LogP contribution in [0.2, 0.25) is 5.02 Å². The third kappa shape index (κ3) is 2.39. The maximum absolute atomic E-state index is 12.6. The van der Waals surface area contributed by atoms with E-state index in [0.717, 1.165) is 16.5 Å². The quantitative estimate of drug-likeness (QED) is 0.563. The zero-order valence-corrected chi connectivity index (χ0v) is 13.6. The predicted octanol–water partition coefficient (Wildman–Crippen LogP) is 3.44. The van der Waals surface area contributed by atoms with Gasteiger partial charge in [0.2, 0.25) is 0 Å². The molecule has 0 aliphatic rings. The second-order valence-corrected chi connectivity index (χ2v) is 5.95. The number of pyridine rings is 1. The summed E-state index contributed by atoms with van der Waals surface area (Å²) >= 11 is 6.02. The normalized spacial score (nSPS) is 11.1. The fourth-order valence-corrected chi connectivity index (χ4v) is 2.92. The number of aromatic nitrogens is 4. The molecule has 0 aliphatic heterocycles. The van der Waals surface area contributed by atoms with Gasteiger partial charge in [0.15, 0.2) is 0 Å². The lowest BCUT2D eigenvalue weighted by Crippen LogP contribution is -2.22. The van der Waals surface area contributed by atoms with E-state index >= 15 is 0 Å². The average Bonchev–Trinajstić information content (AvgIpc) is 3.08. The van der Waals surface area contributed by atoms with Gasteiger partial charge >= 0.3 is 0 Å². The van der Waals surface area contributed by atoms with Crippen LogP contribution in [0, 0.1) is 0 Å². The highest BCUT2D eigenvalue weighted by atomic mass is 35.5. The Morgan fingerprint density at radius 2 is 1.88 bits per heavy atom. The molecule has 0 fully saturated rings. The first-order valence-corrected chi connectivity index (χ1v) is 7.79. The van der Waals surface area contributed by atoms with Gasteiger partial charge in [0.25, 0.3) is 5.56 Å². The van der Waals surface area contributed by atoms with E-state index in [9.17, 15) is 4.79 Å². The summed E-state index contributed by atoms with van der Waals surface area (Å²) in [4.78, 5) is 12.6. The minimum atomic E-state index is -0.128. The van der Waals surface area contributed by atoms with Gasteiger partial charge < -0.3 is 4.57 Å². The van der Waals surface area contributed by atoms with E-state index < -0.39 is 0 Å². The summed E-state index contributed by atoms with van der Waals surface area (Å²) in [6, 6.07) is 16.9. The number of nitrogens with zero attached hydrogens (tertiary/aromatic N) is 4. The molecule has 6 heteroatoms. The molecule has 5 nitrogen and oxygen atoms in total. The van der Waals surface area contributed by atoms with Crippen molar-refractivity contribution in [3.05, 3.63) is 76.2 Å². The Hall–Kier alpha value is -2.92. The Labute approximate surface area is 142 Å². The van der Waals surface area contributed by atoms with Crippen LogP contribution in [0.1, 0.15) is 0 Å². The molecule has 24 heavy (non-hydrogen) atoms. The largest absolute Gasteiger partial charge is 0.309 e. The molecular formula is C18H13ClN4O. The number of aryl methyl sites for hydroxylation is 1. The molecule has 0 unspecified atom stereocenters. The van der Waals surface area contributed by atoms with Crippen LogP contribution in [0.3, 0.4) is 0 Å². The molecule has 0 spiro atoms. The van der Waals surface area contributed by atoms with E-state index in [1.807, 2.05) is 48.5 Å². The van der Waals surface area contributed by atoms with Gasteiger partial charge in [0.1, 0.15) is 11.4 Å². The van der Waals surface area contributed by atoms with Crippen molar-refractivity contribution in [2.45, 2.75) is 0 Å². The number of hydrogen-bond acceptors (Lipinski definition) is 3. The second-order valence-electron chi connectivity index (χ2n) is 5.51. The highest BCUT2D eigenvalue weighted by Crippen LogP contribution is 2.21. The van der Waals surface area contributed by atoms with Gasteiger partial charge in [0, 0.05) is 23.0 Å². The van der Waals surface area contributed by atoms with E-state index in [1.165, 1.54) is 4.68 Å². The van der Waals surface area contributed by atoms with Gasteiger partial charge in [-0.1, -0.05) is 47.1 Å². The van der Waals surface area contributed by atoms with E-state index in [1.54, 1.807) is 23.9 Å². The van der Waals surface area contributed by atoms with Crippen LogP contribution in [-0.4, -0.2) is 19.6 Å². The maximum atomic E-state index is 12.6. The minimum absolute atomic E-state index is 0.128. The number of para-hydroxylation sites is 1. The first kappa shape index (κ1) is 14.7. The third-order valence-corrected chi connectivity index (χ3v) is 4.21. The van der Waals surface area contributed by atoms with Crippen molar-refractivity contribution in [1.29, 1.82) is 0 Å². The van der Waals surface area contributed by atoms with Crippen molar-refractivity contribution in [2.24, 2.45) is 7.05 Å². The van der Waals surface area contributed by atoms with Crippen LogP contribution in [-0.2, 0) is 7.05 Å². The summed E-state index contributed by atoms with van der Waals surface area (Å²) in [6.45, 7) is 0. The first-order valence-electron chi connectivity index (χ1n) is 7.41. The van der Waals surface area contributed by atoms with Crippen LogP contribution in [0.5, 0.6) is 0 Å². The topological polar surface area (TPSA) is 52.7 Å². The molecule has 0 amide bonds. The summed E-state index contributed by atoms with van der Waals surface area (Å²) < 4.78 is 3.12. The summed E-state index contributed by atoms with van der Waals surface area (Å²) in [5.74, 6) is 0. The molecule has 0 saturated carbocycles. The number of benzene rings is 2. The molecule has 0 saturated heterocycles. The number of rotatable bonds is 2. The van der Waals surface area contributed by atoms with Crippen LogP contribution in [0.4, 0.5) is 0 Å². The van der Waals surface area contributed by atoms with Gasteiger partial charge in [-0.3, -0.25) is 4.79 Å². The van der Waals surface area contributed by atoms with Crippen molar-refractivity contribution in [2.75, 3.05) is 0 Å². The molecule has 0 N–H and O–H groups in total. The molecule has 118 valence electrons. The number of halogens is 1. The van der Waals surface area contributed by atoms with Crippen LogP contribution in [0.15, 0.2) is 65.6 Å². The molecule has 2 aromatic carbocycles. The molecule has 0 atom stereocenters. The molecule has 4 rings (SSSR count). The highest BCUT2D eigenvalue weighted by Gasteiger charge is 2.11. The summed E-state index contributed by atoms with van der Waals surface area (Å²) in [6.07, 6.45) is 1.73. The molecule has 0 radical (unpaired) electrons. The van der Waals surface area contributed by atoms with E-state index in [-0.39, 0.29) is 5.56 Å². The van der Waals surface area contributed by atoms with Gasteiger partial charge in [0.05, 0.1) is 11.7 Å². The lowest BCUT2D eigenvalue weighted by Gasteiger charge is -2.07. The van der Waals surface area contributed by atoms with Crippen LogP contribution < -0.4 is 5.56 Å². The van der Waals surface area contributed by atoms with E-state index in [4.69, 9.17) is 11.6 Å². The van der Waals surface area contributed by atoms with Crippen molar-refractivity contribution in [3.63, 3.8) is 0 Å². The van der Waals surface area contributed by atoms with Gasteiger partial charge in [-0.15, -0.1) is 5.10 Å². The van der Waals surface area contributed by atoms with Crippen LogP contribution >= 0.6 is 11.6 Å². The SMILES string of the molecule is Cn1c(=O)c(-n2cc(-c3cccc(Cl)c3)nn2)cc2ccccc21. The number of fused-ring (bicyclic) bond motifs is 1. The van der Waals surface area contributed by atoms with Crippen molar-refractivity contribution in [1.82, 2.24) is 19.6 Å². The zero-order valence-electron chi connectivity index (χ0n) is 12.8. The summed E-state index contributed by atoms with van der Waals surface area (Å²) in [7, 11) is 1.75. The lowest BCUT2D eigenvalue weighted by molar-refractivity contribution is 0.776. The Balaban J connectivity index is 1.87. The van der Waals surface area contributed by atoms with Gasteiger partial charge in [-0.2, -0.15) is 0 Å². The molecule has 2 aromatic heterocycles.